The van der Waals surface area contributed by atoms with Crippen LogP contribution in [0.2, 0.25) is 0 Å². The van der Waals surface area contributed by atoms with Crippen molar-refractivity contribution in [2.45, 2.75) is 24.3 Å². The molecule has 0 N–H and O–H groups in total. The van der Waals surface area contributed by atoms with Crippen LogP contribution in [0.15, 0.2) is 82.1 Å². The number of azo groups is 1. The molecule has 1 aromatic heterocycles. The maximum Gasteiger partial charge on any atom is 0.243 e. The summed E-state index contributed by atoms with van der Waals surface area (Å²) in [5.41, 5.74) is 3.53. The molecule has 0 radical (unpaired) electrons. The molecule has 0 aliphatic carbocycles. The normalized spacial score (nSPS) is 18.2. The van der Waals surface area contributed by atoms with E-state index in [1.807, 2.05) is 12.3 Å². The standard InChI is InChI=1S/C23H24N4O2S/c28-30(29,22-4-2-1-3-5-22)27-12-8-18(9-13-27)17-26-11-10-20-14-19(6-7-23(20)26)21-15-24-25-16-21/h1-7,10-11,14-15,18H,8-9,12-13,16-17H2. The summed E-state index contributed by atoms with van der Waals surface area (Å²) in [4.78, 5) is 0.383. The van der Waals surface area contributed by atoms with Crippen molar-refractivity contribution in [1.82, 2.24) is 8.87 Å². The number of nitrogens with zero attached hydrogens (tertiary/aromatic N) is 4. The van der Waals surface area contributed by atoms with Crippen LogP contribution in [0.5, 0.6) is 0 Å². The Morgan fingerprint density at radius 2 is 1.80 bits per heavy atom. The molecule has 2 aliphatic rings. The van der Waals surface area contributed by atoms with Crippen molar-refractivity contribution in [3.05, 3.63) is 72.6 Å². The second-order valence-corrected chi connectivity index (χ2v) is 9.91. The molecule has 0 bridgehead atoms. The van der Waals surface area contributed by atoms with Gasteiger partial charge in [-0.3, -0.25) is 0 Å². The number of aromatic nitrogens is 1. The zero-order valence-electron chi connectivity index (χ0n) is 16.7. The molecule has 0 atom stereocenters. The molecule has 0 spiro atoms. The van der Waals surface area contributed by atoms with Crippen LogP contribution in [-0.4, -0.2) is 36.9 Å². The molecular weight excluding hydrogens is 396 g/mol. The second kappa shape index (κ2) is 7.81. The highest BCUT2D eigenvalue weighted by Gasteiger charge is 2.29. The third-order valence-electron chi connectivity index (χ3n) is 6.09. The molecule has 2 aromatic carbocycles. The Morgan fingerprint density at radius 1 is 1.00 bits per heavy atom. The molecule has 3 aromatic rings. The Bertz CT molecular complexity index is 1220. The van der Waals surface area contributed by atoms with Gasteiger partial charge < -0.3 is 4.57 Å². The molecule has 154 valence electrons. The SMILES string of the molecule is O=S(=O)(c1ccccc1)N1CCC(Cn2ccc3cc(C4=CN=NC4)ccc32)CC1. The van der Waals surface area contributed by atoms with Crippen molar-refractivity contribution in [2.24, 2.45) is 16.1 Å². The maximum atomic E-state index is 12.8. The lowest BCUT2D eigenvalue weighted by molar-refractivity contribution is 0.254. The summed E-state index contributed by atoms with van der Waals surface area (Å²) in [7, 11) is -3.39. The highest BCUT2D eigenvalue weighted by atomic mass is 32.2. The van der Waals surface area contributed by atoms with Crippen LogP contribution < -0.4 is 0 Å². The minimum atomic E-state index is -3.39. The minimum absolute atomic E-state index is 0.383. The van der Waals surface area contributed by atoms with Gasteiger partial charge in [0, 0.05) is 42.3 Å². The van der Waals surface area contributed by atoms with Crippen molar-refractivity contribution in [2.75, 3.05) is 19.6 Å². The molecule has 2 aliphatic heterocycles. The van der Waals surface area contributed by atoms with Gasteiger partial charge >= 0.3 is 0 Å². The fraction of sp³-hybridized carbons (Fsp3) is 0.304. The molecule has 0 saturated carbocycles. The Hall–Kier alpha value is -2.77. The van der Waals surface area contributed by atoms with Crippen LogP contribution in [0.1, 0.15) is 18.4 Å². The highest BCUT2D eigenvalue weighted by molar-refractivity contribution is 7.89. The van der Waals surface area contributed by atoms with Gasteiger partial charge in [0.1, 0.15) is 0 Å². The first-order chi connectivity index (χ1) is 14.6. The number of benzene rings is 2. The van der Waals surface area contributed by atoms with E-state index in [-0.39, 0.29) is 0 Å². The summed E-state index contributed by atoms with van der Waals surface area (Å²) in [5.74, 6) is 0.470. The fourth-order valence-electron chi connectivity index (χ4n) is 4.35. The van der Waals surface area contributed by atoms with Crippen molar-refractivity contribution in [1.29, 1.82) is 0 Å². The Kier molecular flexibility index (Phi) is 5.00. The zero-order chi connectivity index (χ0) is 20.6. The summed E-state index contributed by atoms with van der Waals surface area (Å²) in [5, 5.41) is 9.20. The number of piperidine rings is 1. The van der Waals surface area contributed by atoms with Crippen LogP contribution in [-0.2, 0) is 16.6 Å². The topological polar surface area (TPSA) is 67.0 Å². The van der Waals surface area contributed by atoms with Gasteiger partial charge in [-0.25, -0.2) is 8.42 Å². The first-order valence-corrected chi connectivity index (χ1v) is 11.8. The van der Waals surface area contributed by atoms with E-state index < -0.39 is 10.0 Å². The first kappa shape index (κ1) is 19.2. The number of rotatable bonds is 5. The average Bonchev–Trinajstić information content (AvgIpc) is 3.45. The Morgan fingerprint density at radius 3 is 2.53 bits per heavy atom. The quantitative estimate of drug-likeness (QED) is 0.608. The summed E-state index contributed by atoms with van der Waals surface area (Å²) < 4.78 is 29.6. The molecule has 1 saturated heterocycles. The van der Waals surface area contributed by atoms with Gasteiger partial charge in [-0.05, 0) is 54.7 Å². The van der Waals surface area contributed by atoms with Gasteiger partial charge in [0.25, 0.3) is 0 Å². The van der Waals surface area contributed by atoms with Gasteiger partial charge in [-0.15, -0.1) is 0 Å². The van der Waals surface area contributed by atoms with E-state index in [0.29, 0.717) is 30.4 Å². The van der Waals surface area contributed by atoms with Crippen molar-refractivity contribution in [3.8, 4) is 0 Å². The maximum absolute atomic E-state index is 12.8. The minimum Gasteiger partial charge on any atom is -0.347 e. The van der Waals surface area contributed by atoms with E-state index in [1.165, 1.54) is 16.5 Å². The van der Waals surface area contributed by atoms with Gasteiger partial charge in [0.15, 0.2) is 0 Å². The lowest BCUT2D eigenvalue weighted by Crippen LogP contribution is -2.39. The predicted octanol–water partition coefficient (Wildman–Crippen LogP) is 4.55. The number of fused-ring (bicyclic) bond motifs is 1. The van der Waals surface area contributed by atoms with E-state index in [4.69, 9.17) is 0 Å². The van der Waals surface area contributed by atoms with E-state index in [2.05, 4.69) is 45.3 Å². The second-order valence-electron chi connectivity index (χ2n) is 7.97. The molecule has 0 amide bonds. The number of sulfonamides is 1. The molecular formula is C23H24N4O2S. The smallest absolute Gasteiger partial charge is 0.243 e. The molecule has 3 heterocycles. The summed E-state index contributed by atoms with van der Waals surface area (Å²) in [6.45, 7) is 2.71. The van der Waals surface area contributed by atoms with E-state index >= 15 is 0 Å². The Balaban J connectivity index is 1.26. The molecule has 30 heavy (non-hydrogen) atoms. The van der Waals surface area contributed by atoms with Crippen LogP contribution >= 0.6 is 0 Å². The largest absolute Gasteiger partial charge is 0.347 e. The van der Waals surface area contributed by atoms with Crippen molar-refractivity contribution >= 4 is 26.5 Å². The molecule has 1 fully saturated rings. The molecule has 5 rings (SSSR count). The van der Waals surface area contributed by atoms with Gasteiger partial charge in [-0.2, -0.15) is 14.5 Å². The highest BCUT2D eigenvalue weighted by Crippen LogP contribution is 2.28. The van der Waals surface area contributed by atoms with Crippen molar-refractivity contribution < 1.29 is 8.42 Å². The van der Waals surface area contributed by atoms with E-state index in [1.54, 1.807) is 28.6 Å². The molecule has 0 unspecified atom stereocenters. The van der Waals surface area contributed by atoms with Crippen molar-refractivity contribution in [3.63, 3.8) is 0 Å². The third kappa shape index (κ3) is 3.59. The summed E-state index contributed by atoms with van der Waals surface area (Å²) in [6, 6.07) is 17.4. The average molecular weight is 421 g/mol. The Labute approximate surface area is 176 Å². The van der Waals surface area contributed by atoms with Crippen LogP contribution in [0.3, 0.4) is 0 Å². The number of hydrogen-bond acceptors (Lipinski definition) is 4. The number of hydrogen-bond donors (Lipinski definition) is 0. The van der Waals surface area contributed by atoms with Gasteiger partial charge in [-0.1, -0.05) is 24.3 Å². The van der Waals surface area contributed by atoms with E-state index in [9.17, 15) is 8.42 Å². The van der Waals surface area contributed by atoms with Crippen LogP contribution in [0.25, 0.3) is 16.5 Å². The first-order valence-electron chi connectivity index (χ1n) is 10.3. The van der Waals surface area contributed by atoms with E-state index in [0.717, 1.165) is 25.0 Å². The zero-order valence-corrected chi connectivity index (χ0v) is 17.5. The summed E-state index contributed by atoms with van der Waals surface area (Å²) >= 11 is 0. The lowest BCUT2D eigenvalue weighted by atomic mass is 9.98. The third-order valence-corrected chi connectivity index (χ3v) is 8.00. The monoisotopic (exact) mass is 420 g/mol. The molecule has 7 heteroatoms. The molecule has 6 nitrogen and oxygen atoms in total. The lowest BCUT2D eigenvalue weighted by Gasteiger charge is -2.31. The van der Waals surface area contributed by atoms with Gasteiger partial charge in [0.05, 0.1) is 17.6 Å². The van der Waals surface area contributed by atoms with Gasteiger partial charge in [0.2, 0.25) is 10.0 Å². The summed E-state index contributed by atoms with van der Waals surface area (Å²) in [6.07, 6.45) is 5.72. The van der Waals surface area contributed by atoms with Crippen LogP contribution in [0, 0.1) is 5.92 Å². The van der Waals surface area contributed by atoms with Crippen LogP contribution in [0.4, 0.5) is 0 Å². The predicted molar refractivity (Wildman–Crippen MR) is 118 cm³/mol. The fourth-order valence-corrected chi connectivity index (χ4v) is 5.84.